The number of aliphatic hydroxyl groups is 1. The van der Waals surface area contributed by atoms with Crippen LogP contribution in [0.4, 0.5) is 0 Å². The van der Waals surface area contributed by atoms with Crippen LogP contribution in [0.25, 0.3) is 0 Å². The number of hydrogen-bond acceptors (Lipinski definition) is 4. The molecule has 0 radical (unpaired) electrons. The lowest BCUT2D eigenvalue weighted by Crippen LogP contribution is -2.50. The molecule has 0 aromatic heterocycles. The fourth-order valence-corrected chi connectivity index (χ4v) is 3.67. The molecule has 0 heterocycles. The number of hydrogen-bond donors (Lipinski definition) is 3. The first-order chi connectivity index (χ1) is 14.7. The molecular formula is C26H29N3O. The average molecular weight is 400 g/mol. The van der Waals surface area contributed by atoms with Crippen molar-refractivity contribution in [2.45, 2.75) is 44.0 Å². The summed E-state index contributed by atoms with van der Waals surface area (Å²) < 4.78 is 0. The molecule has 154 valence electrons. The van der Waals surface area contributed by atoms with Gasteiger partial charge in [-0.3, -0.25) is 0 Å². The Kier molecular flexibility index (Phi) is 8.17. The fourth-order valence-electron chi connectivity index (χ4n) is 3.67. The van der Waals surface area contributed by atoms with Gasteiger partial charge in [0.15, 0.2) is 0 Å². The normalized spacial score (nSPS) is 13.9. The van der Waals surface area contributed by atoms with E-state index in [4.69, 9.17) is 11.0 Å². The molecule has 0 aliphatic heterocycles. The molecule has 0 saturated heterocycles. The summed E-state index contributed by atoms with van der Waals surface area (Å²) in [6.07, 6.45) is 1.56. The van der Waals surface area contributed by atoms with E-state index in [-0.39, 0.29) is 12.1 Å². The number of aryl methyl sites for hydroxylation is 1. The number of nitrogens with one attached hydrogen (secondary N) is 1. The highest BCUT2D eigenvalue weighted by molar-refractivity contribution is 5.32. The molecule has 0 fully saturated rings. The molecule has 0 spiro atoms. The SMILES string of the molecule is N#Cc1cccc(CN[C@H](CCc2ccccc2)[C@@H](O)[C@H](N)Cc2ccccc2)c1. The van der Waals surface area contributed by atoms with E-state index < -0.39 is 6.10 Å². The van der Waals surface area contributed by atoms with Gasteiger partial charge in [0, 0.05) is 18.6 Å². The molecule has 3 atom stereocenters. The monoisotopic (exact) mass is 399 g/mol. The summed E-state index contributed by atoms with van der Waals surface area (Å²) in [6, 6.07) is 29.5. The Morgan fingerprint density at radius 1 is 0.867 bits per heavy atom. The highest BCUT2D eigenvalue weighted by atomic mass is 16.3. The lowest BCUT2D eigenvalue weighted by Gasteiger charge is -2.29. The summed E-state index contributed by atoms with van der Waals surface area (Å²) in [6.45, 7) is 0.574. The van der Waals surface area contributed by atoms with Crippen molar-refractivity contribution in [3.05, 3.63) is 107 Å². The van der Waals surface area contributed by atoms with Crippen LogP contribution in [0.3, 0.4) is 0 Å². The summed E-state index contributed by atoms with van der Waals surface area (Å²) in [4.78, 5) is 0. The van der Waals surface area contributed by atoms with Crippen molar-refractivity contribution in [2.75, 3.05) is 0 Å². The third-order valence-corrected chi connectivity index (χ3v) is 5.38. The van der Waals surface area contributed by atoms with E-state index in [2.05, 4.69) is 23.5 Å². The molecule has 3 rings (SSSR count). The standard InChI is InChI=1S/C26H29N3O/c27-18-22-12-7-13-23(16-22)19-29-25(15-14-20-8-3-1-4-9-20)26(30)24(28)17-21-10-5-2-6-11-21/h1-13,16,24-26,29-30H,14-15,17,19,28H2/t24-,25-,26+/m1/s1. The van der Waals surface area contributed by atoms with Gasteiger partial charge in [-0.2, -0.15) is 5.26 Å². The largest absolute Gasteiger partial charge is 0.390 e. The minimum atomic E-state index is -0.687. The lowest BCUT2D eigenvalue weighted by molar-refractivity contribution is 0.0957. The first kappa shape index (κ1) is 21.7. The minimum Gasteiger partial charge on any atom is -0.390 e. The van der Waals surface area contributed by atoms with E-state index in [1.807, 2.05) is 66.7 Å². The molecule has 3 aromatic rings. The quantitative estimate of drug-likeness (QED) is 0.487. The minimum absolute atomic E-state index is 0.158. The van der Waals surface area contributed by atoms with Gasteiger partial charge in [-0.1, -0.05) is 72.8 Å². The van der Waals surface area contributed by atoms with Crippen LogP contribution in [0.15, 0.2) is 84.9 Å². The van der Waals surface area contributed by atoms with E-state index in [0.717, 1.165) is 24.0 Å². The molecule has 0 saturated carbocycles. The van der Waals surface area contributed by atoms with Gasteiger partial charge < -0.3 is 16.2 Å². The third kappa shape index (κ3) is 6.53. The van der Waals surface area contributed by atoms with Crippen molar-refractivity contribution in [3.63, 3.8) is 0 Å². The van der Waals surface area contributed by atoms with Gasteiger partial charge in [0.25, 0.3) is 0 Å². The topological polar surface area (TPSA) is 82.1 Å². The van der Waals surface area contributed by atoms with Crippen molar-refractivity contribution in [1.29, 1.82) is 5.26 Å². The molecule has 0 aliphatic rings. The molecule has 0 amide bonds. The third-order valence-electron chi connectivity index (χ3n) is 5.38. The van der Waals surface area contributed by atoms with E-state index >= 15 is 0 Å². The first-order valence-electron chi connectivity index (χ1n) is 10.4. The van der Waals surface area contributed by atoms with E-state index in [1.165, 1.54) is 5.56 Å². The molecule has 0 bridgehead atoms. The van der Waals surface area contributed by atoms with Gasteiger partial charge >= 0.3 is 0 Å². The van der Waals surface area contributed by atoms with Gasteiger partial charge in [-0.05, 0) is 48.1 Å². The maximum absolute atomic E-state index is 11.1. The Balaban J connectivity index is 1.67. The summed E-state index contributed by atoms with van der Waals surface area (Å²) in [5, 5.41) is 23.7. The second kappa shape index (κ2) is 11.3. The molecule has 0 unspecified atom stereocenters. The number of nitriles is 1. The Hall–Kier alpha value is -2.97. The van der Waals surface area contributed by atoms with Crippen LogP contribution in [0.2, 0.25) is 0 Å². The Morgan fingerprint density at radius 2 is 1.50 bits per heavy atom. The zero-order valence-corrected chi connectivity index (χ0v) is 17.1. The van der Waals surface area contributed by atoms with Crippen molar-refractivity contribution in [3.8, 4) is 6.07 Å². The van der Waals surface area contributed by atoms with E-state index in [9.17, 15) is 5.11 Å². The van der Waals surface area contributed by atoms with Crippen LogP contribution in [0.1, 0.15) is 28.7 Å². The maximum Gasteiger partial charge on any atom is 0.0991 e. The second-order valence-corrected chi connectivity index (χ2v) is 7.67. The van der Waals surface area contributed by atoms with E-state index in [1.54, 1.807) is 6.07 Å². The summed E-state index contributed by atoms with van der Waals surface area (Å²) >= 11 is 0. The van der Waals surface area contributed by atoms with Crippen LogP contribution in [0.5, 0.6) is 0 Å². The predicted molar refractivity (Wildman–Crippen MR) is 121 cm³/mol. The molecule has 4 heteroatoms. The fraction of sp³-hybridized carbons (Fsp3) is 0.269. The molecule has 3 aromatic carbocycles. The number of aliphatic hydroxyl groups excluding tert-OH is 1. The second-order valence-electron chi connectivity index (χ2n) is 7.67. The highest BCUT2D eigenvalue weighted by Gasteiger charge is 2.25. The van der Waals surface area contributed by atoms with Gasteiger partial charge in [-0.15, -0.1) is 0 Å². The van der Waals surface area contributed by atoms with Crippen molar-refractivity contribution in [1.82, 2.24) is 5.32 Å². The van der Waals surface area contributed by atoms with Crippen LogP contribution in [-0.4, -0.2) is 23.3 Å². The van der Waals surface area contributed by atoms with Gasteiger partial charge in [0.05, 0.1) is 17.7 Å². The van der Waals surface area contributed by atoms with Gasteiger partial charge in [-0.25, -0.2) is 0 Å². The number of nitrogens with zero attached hydrogens (tertiary/aromatic N) is 1. The lowest BCUT2D eigenvalue weighted by atomic mass is 9.93. The zero-order valence-electron chi connectivity index (χ0n) is 17.1. The van der Waals surface area contributed by atoms with Crippen LogP contribution < -0.4 is 11.1 Å². The van der Waals surface area contributed by atoms with Crippen LogP contribution in [0, 0.1) is 11.3 Å². The number of benzene rings is 3. The predicted octanol–water partition coefficient (Wildman–Crippen LogP) is 3.58. The molecular weight excluding hydrogens is 370 g/mol. The van der Waals surface area contributed by atoms with Gasteiger partial charge in [0.1, 0.15) is 0 Å². The van der Waals surface area contributed by atoms with Crippen molar-refractivity contribution in [2.24, 2.45) is 5.73 Å². The molecule has 4 N–H and O–H groups in total. The Morgan fingerprint density at radius 3 is 2.17 bits per heavy atom. The summed E-state index contributed by atoms with van der Waals surface area (Å²) in [5.74, 6) is 0. The zero-order chi connectivity index (χ0) is 21.2. The van der Waals surface area contributed by atoms with Crippen molar-refractivity contribution >= 4 is 0 Å². The smallest absolute Gasteiger partial charge is 0.0991 e. The Labute approximate surface area is 179 Å². The first-order valence-corrected chi connectivity index (χ1v) is 10.4. The summed E-state index contributed by atoms with van der Waals surface area (Å²) in [7, 11) is 0. The number of nitrogens with two attached hydrogens (primary N) is 1. The molecule has 0 aliphatic carbocycles. The van der Waals surface area contributed by atoms with Gasteiger partial charge in [0.2, 0.25) is 0 Å². The Bertz CT molecular complexity index is 937. The van der Waals surface area contributed by atoms with E-state index in [0.29, 0.717) is 18.5 Å². The summed E-state index contributed by atoms with van der Waals surface area (Å²) in [5.41, 5.74) is 10.4. The van der Waals surface area contributed by atoms with Crippen LogP contribution in [-0.2, 0) is 19.4 Å². The highest BCUT2D eigenvalue weighted by Crippen LogP contribution is 2.14. The molecule has 30 heavy (non-hydrogen) atoms. The van der Waals surface area contributed by atoms with Crippen molar-refractivity contribution < 1.29 is 5.11 Å². The maximum atomic E-state index is 11.1. The van der Waals surface area contributed by atoms with Crippen LogP contribution >= 0.6 is 0 Å². The molecule has 4 nitrogen and oxygen atoms in total. The average Bonchev–Trinajstić information content (AvgIpc) is 2.80. The number of rotatable bonds is 10.